The Hall–Kier alpha value is -3.21. The Balaban J connectivity index is 1.91. The molecule has 2 aromatic carbocycles. The molecule has 0 spiro atoms. The van der Waals surface area contributed by atoms with E-state index < -0.39 is 0 Å². The Bertz CT molecular complexity index is 968. The fraction of sp³-hybridized carbons (Fsp3) is 0.227. The van der Waals surface area contributed by atoms with E-state index in [4.69, 9.17) is 0 Å². The molecule has 1 heterocycles. The molecular weight excluding hydrogens is 336 g/mol. The minimum atomic E-state index is -0.138. The molecule has 1 N–H and O–H groups in total. The van der Waals surface area contributed by atoms with Gasteiger partial charge in [0.2, 0.25) is 0 Å². The van der Waals surface area contributed by atoms with Gasteiger partial charge in [0, 0.05) is 24.0 Å². The van der Waals surface area contributed by atoms with Crippen molar-refractivity contribution >= 4 is 23.1 Å². The molecule has 1 amide bonds. The van der Waals surface area contributed by atoms with Gasteiger partial charge in [-0.2, -0.15) is 0 Å². The van der Waals surface area contributed by atoms with E-state index in [1.165, 1.54) is 0 Å². The number of anilines is 3. The van der Waals surface area contributed by atoms with E-state index >= 15 is 0 Å². The van der Waals surface area contributed by atoms with Crippen LogP contribution in [0.1, 0.15) is 34.4 Å². The smallest absolute Gasteiger partial charge is 0.277 e. The number of nitrogens with zero attached hydrogens (tertiary/aromatic N) is 3. The fourth-order valence-electron chi connectivity index (χ4n) is 2.99. The van der Waals surface area contributed by atoms with Crippen molar-refractivity contribution in [3.63, 3.8) is 0 Å². The second-order valence-corrected chi connectivity index (χ2v) is 6.57. The molecule has 0 saturated carbocycles. The standard InChI is InChI=1S/C22H24N4O/c1-5-26(19-11-7-9-16(3)13-19)22(27)20-14-21(24-17(4)23-20)25-18-10-6-8-15(2)12-18/h6-14H,5H2,1-4H3,(H,23,24,25). The molecule has 3 aromatic rings. The van der Waals surface area contributed by atoms with E-state index in [-0.39, 0.29) is 5.91 Å². The van der Waals surface area contributed by atoms with Gasteiger partial charge in [-0.05, 0) is 63.1 Å². The molecule has 5 heteroatoms. The van der Waals surface area contributed by atoms with E-state index in [0.717, 1.165) is 22.5 Å². The van der Waals surface area contributed by atoms with Crippen molar-refractivity contribution in [1.29, 1.82) is 0 Å². The Morgan fingerprint density at radius 1 is 0.963 bits per heavy atom. The van der Waals surface area contributed by atoms with Crippen molar-refractivity contribution in [2.24, 2.45) is 0 Å². The van der Waals surface area contributed by atoms with Crippen molar-refractivity contribution in [3.8, 4) is 0 Å². The summed E-state index contributed by atoms with van der Waals surface area (Å²) in [5.74, 6) is 1.02. The maximum Gasteiger partial charge on any atom is 0.277 e. The summed E-state index contributed by atoms with van der Waals surface area (Å²) >= 11 is 0. The lowest BCUT2D eigenvalue weighted by Gasteiger charge is -2.21. The number of hydrogen-bond donors (Lipinski definition) is 1. The van der Waals surface area contributed by atoms with Gasteiger partial charge in [0.1, 0.15) is 17.3 Å². The average molecular weight is 360 g/mol. The summed E-state index contributed by atoms with van der Waals surface area (Å²) in [5.41, 5.74) is 4.43. The third kappa shape index (κ3) is 4.50. The molecule has 0 aliphatic carbocycles. The lowest BCUT2D eigenvalue weighted by molar-refractivity contribution is 0.0983. The molecule has 1 aromatic heterocycles. The van der Waals surface area contributed by atoms with Crippen LogP contribution in [0.15, 0.2) is 54.6 Å². The SMILES string of the molecule is CCN(C(=O)c1cc(Nc2cccc(C)c2)nc(C)n1)c1cccc(C)c1. The molecule has 0 fully saturated rings. The molecule has 0 aliphatic rings. The lowest BCUT2D eigenvalue weighted by Crippen LogP contribution is -2.31. The number of aromatic nitrogens is 2. The van der Waals surface area contributed by atoms with Crippen LogP contribution in [0, 0.1) is 20.8 Å². The molecule has 0 unspecified atom stereocenters. The van der Waals surface area contributed by atoms with Crippen LogP contribution < -0.4 is 10.2 Å². The first-order valence-electron chi connectivity index (χ1n) is 9.04. The summed E-state index contributed by atoms with van der Waals surface area (Å²) in [4.78, 5) is 23.6. The number of hydrogen-bond acceptors (Lipinski definition) is 4. The highest BCUT2D eigenvalue weighted by Crippen LogP contribution is 2.21. The molecule has 0 radical (unpaired) electrons. The largest absolute Gasteiger partial charge is 0.340 e. The van der Waals surface area contributed by atoms with E-state index in [0.29, 0.717) is 23.9 Å². The van der Waals surface area contributed by atoms with Crippen LogP contribution in [0.4, 0.5) is 17.2 Å². The highest BCUT2D eigenvalue weighted by atomic mass is 16.2. The fourth-order valence-corrected chi connectivity index (χ4v) is 2.99. The molecule has 138 valence electrons. The van der Waals surface area contributed by atoms with Gasteiger partial charge in [0.05, 0.1) is 0 Å². The van der Waals surface area contributed by atoms with Crippen molar-refractivity contribution in [2.45, 2.75) is 27.7 Å². The molecule has 0 bridgehead atoms. The zero-order valence-electron chi connectivity index (χ0n) is 16.2. The maximum atomic E-state index is 13.1. The molecule has 5 nitrogen and oxygen atoms in total. The quantitative estimate of drug-likeness (QED) is 0.709. The van der Waals surface area contributed by atoms with Crippen molar-refractivity contribution in [2.75, 3.05) is 16.8 Å². The van der Waals surface area contributed by atoms with Crippen LogP contribution in [0.3, 0.4) is 0 Å². The Labute approximate surface area is 160 Å². The Morgan fingerprint density at radius 2 is 1.67 bits per heavy atom. The van der Waals surface area contributed by atoms with Gasteiger partial charge in [-0.1, -0.05) is 24.3 Å². The van der Waals surface area contributed by atoms with Crippen LogP contribution in [-0.2, 0) is 0 Å². The van der Waals surface area contributed by atoms with Gasteiger partial charge in [-0.3, -0.25) is 4.79 Å². The third-order valence-corrected chi connectivity index (χ3v) is 4.22. The van der Waals surface area contributed by atoms with Crippen molar-refractivity contribution in [1.82, 2.24) is 9.97 Å². The number of rotatable bonds is 5. The van der Waals surface area contributed by atoms with Gasteiger partial charge >= 0.3 is 0 Å². The van der Waals surface area contributed by atoms with Gasteiger partial charge in [0.15, 0.2) is 0 Å². The first kappa shape index (κ1) is 18.6. The second kappa shape index (κ2) is 7.99. The summed E-state index contributed by atoms with van der Waals surface area (Å²) in [6.07, 6.45) is 0. The number of carbonyl (C=O) groups is 1. The van der Waals surface area contributed by atoms with Gasteiger partial charge in [-0.25, -0.2) is 9.97 Å². The predicted octanol–water partition coefficient (Wildman–Crippen LogP) is 4.81. The number of carbonyl (C=O) groups excluding carboxylic acids is 1. The van der Waals surface area contributed by atoms with Gasteiger partial charge in [0.25, 0.3) is 5.91 Å². The highest BCUT2D eigenvalue weighted by Gasteiger charge is 2.19. The molecule has 3 rings (SSSR count). The van der Waals surface area contributed by atoms with Crippen molar-refractivity contribution < 1.29 is 4.79 Å². The molecule has 0 saturated heterocycles. The molecule has 0 atom stereocenters. The topological polar surface area (TPSA) is 58.1 Å². The van der Waals surface area contributed by atoms with Gasteiger partial charge < -0.3 is 10.2 Å². The minimum absolute atomic E-state index is 0.138. The third-order valence-electron chi connectivity index (χ3n) is 4.22. The zero-order valence-corrected chi connectivity index (χ0v) is 16.2. The number of amides is 1. The van der Waals surface area contributed by atoms with E-state index in [1.54, 1.807) is 17.9 Å². The number of benzene rings is 2. The molecule has 0 aliphatic heterocycles. The van der Waals surface area contributed by atoms with Crippen LogP contribution in [0.2, 0.25) is 0 Å². The average Bonchev–Trinajstić information content (AvgIpc) is 2.62. The highest BCUT2D eigenvalue weighted by molar-refractivity contribution is 6.05. The van der Waals surface area contributed by atoms with Crippen molar-refractivity contribution in [3.05, 3.63) is 77.2 Å². The Morgan fingerprint density at radius 3 is 2.33 bits per heavy atom. The van der Waals surface area contributed by atoms with Crippen LogP contribution in [0.5, 0.6) is 0 Å². The number of aryl methyl sites for hydroxylation is 3. The Kier molecular flexibility index (Phi) is 5.50. The summed E-state index contributed by atoms with van der Waals surface area (Å²) in [6.45, 7) is 8.36. The van der Waals surface area contributed by atoms with Gasteiger partial charge in [-0.15, -0.1) is 0 Å². The number of nitrogens with one attached hydrogen (secondary N) is 1. The van der Waals surface area contributed by atoms with Crippen LogP contribution in [0.25, 0.3) is 0 Å². The monoisotopic (exact) mass is 360 g/mol. The zero-order chi connectivity index (χ0) is 19.4. The summed E-state index contributed by atoms with van der Waals surface area (Å²) < 4.78 is 0. The van der Waals surface area contributed by atoms with E-state index in [9.17, 15) is 4.79 Å². The second-order valence-electron chi connectivity index (χ2n) is 6.57. The van der Waals surface area contributed by atoms with Crippen LogP contribution in [-0.4, -0.2) is 22.4 Å². The summed E-state index contributed by atoms with van der Waals surface area (Å²) in [6, 6.07) is 17.6. The molecule has 27 heavy (non-hydrogen) atoms. The predicted molar refractivity (Wildman–Crippen MR) is 110 cm³/mol. The lowest BCUT2D eigenvalue weighted by atomic mass is 10.2. The summed E-state index contributed by atoms with van der Waals surface area (Å²) in [7, 11) is 0. The maximum absolute atomic E-state index is 13.1. The first-order chi connectivity index (χ1) is 13.0. The normalized spacial score (nSPS) is 10.5. The van der Waals surface area contributed by atoms with E-state index in [1.807, 2.05) is 69.3 Å². The first-order valence-corrected chi connectivity index (χ1v) is 9.04. The van der Waals surface area contributed by atoms with Crippen LogP contribution >= 0.6 is 0 Å². The van der Waals surface area contributed by atoms with E-state index in [2.05, 4.69) is 15.3 Å². The summed E-state index contributed by atoms with van der Waals surface area (Å²) in [5, 5.41) is 3.26. The minimum Gasteiger partial charge on any atom is -0.340 e. The molecular formula is C22H24N4O.